The van der Waals surface area contributed by atoms with Crippen molar-refractivity contribution in [1.29, 1.82) is 5.26 Å². The van der Waals surface area contributed by atoms with Gasteiger partial charge in [0.1, 0.15) is 6.07 Å². The Morgan fingerprint density at radius 3 is 2.50 bits per heavy atom. The first-order valence-corrected chi connectivity index (χ1v) is 14.6. The molecule has 2 aliphatic rings. The fraction of sp³-hybridized carbons (Fsp3) is 0.536. The lowest BCUT2D eigenvalue weighted by atomic mass is 9.76. The lowest BCUT2D eigenvalue weighted by molar-refractivity contribution is 0.223. The van der Waals surface area contributed by atoms with Crippen molar-refractivity contribution < 1.29 is 8.42 Å². The molecule has 1 saturated heterocycles. The quantitative estimate of drug-likeness (QED) is 0.392. The molecule has 4 rings (SSSR count). The normalized spacial score (nSPS) is 20.8. The van der Waals surface area contributed by atoms with Crippen LogP contribution in [-0.2, 0) is 22.2 Å². The summed E-state index contributed by atoms with van der Waals surface area (Å²) in [5.74, 6) is 1.76. The number of sulfonamides is 1. The molecule has 182 valence electrons. The van der Waals surface area contributed by atoms with Gasteiger partial charge in [-0.15, -0.1) is 0 Å². The third-order valence-electron chi connectivity index (χ3n) is 7.76. The number of benzene rings is 2. The topological polar surface area (TPSA) is 61.2 Å². The summed E-state index contributed by atoms with van der Waals surface area (Å²) in [6, 6.07) is 17.3. The Kier molecular flexibility index (Phi) is 8.69. The van der Waals surface area contributed by atoms with Crippen LogP contribution < -0.4 is 0 Å². The first-order chi connectivity index (χ1) is 16.4. The van der Waals surface area contributed by atoms with E-state index >= 15 is 0 Å². The van der Waals surface area contributed by atoms with Crippen LogP contribution in [0.5, 0.6) is 0 Å². The van der Waals surface area contributed by atoms with Crippen LogP contribution >= 0.6 is 11.6 Å². The smallest absolute Gasteiger partial charge is 0.212 e. The molecule has 1 heterocycles. The maximum absolute atomic E-state index is 13.1. The van der Waals surface area contributed by atoms with Crippen LogP contribution in [0.1, 0.15) is 68.1 Å². The predicted octanol–water partition coefficient (Wildman–Crippen LogP) is 6.58. The van der Waals surface area contributed by atoms with Crippen molar-refractivity contribution in [3.05, 3.63) is 70.2 Å². The number of nitriles is 1. The van der Waals surface area contributed by atoms with E-state index in [1.807, 2.05) is 42.5 Å². The Bertz CT molecular complexity index is 1090. The van der Waals surface area contributed by atoms with Crippen molar-refractivity contribution in [2.24, 2.45) is 17.8 Å². The summed E-state index contributed by atoms with van der Waals surface area (Å²) in [5.41, 5.74) is 2.52. The van der Waals surface area contributed by atoms with Gasteiger partial charge in [-0.25, -0.2) is 12.7 Å². The largest absolute Gasteiger partial charge is 0.218 e. The summed E-state index contributed by atoms with van der Waals surface area (Å²) < 4.78 is 28.0. The zero-order chi connectivity index (χ0) is 24.0. The van der Waals surface area contributed by atoms with Gasteiger partial charge in [-0.2, -0.15) is 5.26 Å². The standard InChI is InChI=1S/C28H35ClN2O2S/c29-28-18-23(12-14-26(28)19-30)11-13-25(17-22-7-3-1-4-8-22)27-15-16-31(20-27)34(32,33)21-24-9-5-2-6-10-24/h2,5-6,9-10,12,14,18,22,25,27H,1,3-4,7-8,11,13,15-17,20-21H2. The molecule has 1 aliphatic heterocycles. The van der Waals surface area contributed by atoms with E-state index in [-0.39, 0.29) is 5.75 Å². The van der Waals surface area contributed by atoms with E-state index in [1.54, 1.807) is 10.4 Å². The molecule has 0 spiro atoms. The number of aryl methyl sites for hydroxylation is 1. The van der Waals surface area contributed by atoms with Crippen LogP contribution in [0.3, 0.4) is 0 Å². The Morgan fingerprint density at radius 2 is 1.79 bits per heavy atom. The third kappa shape index (κ3) is 6.62. The molecule has 2 unspecified atom stereocenters. The second kappa shape index (κ2) is 11.7. The molecule has 2 atom stereocenters. The number of halogens is 1. The lowest BCUT2D eigenvalue weighted by Crippen LogP contribution is -2.31. The minimum Gasteiger partial charge on any atom is -0.212 e. The zero-order valence-corrected chi connectivity index (χ0v) is 21.4. The highest BCUT2D eigenvalue weighted by atomic mass is 35.5. The van der Waals surface area contributed by atoms with E-state index in [9.17, 15) is 8.42 Å². The summed E-state index contributed by atoms with van der Waals surface area (Å²) in [7, 11) is -3.31. The van der Waals surface area contributed by atoms with E-state index in [4.69, 9.17) is 16.9 Å². The summed E-state index contributed by atoms with van der Waals surface area (Å²) in [4.78, 5) is 0. The van der Waals surface area contributed by atoms with Gasteiger partial charge >= 0.3 is 0 Å². The minimum absolute atomic E-state index is 0.0809. The van der Waals surface area contributed by atoms with Gasteiger partial charge in [0.15, 0.2) is 0 Å². The van der Waals surface area contributed by atoms with Crippen LogP contribution in [0.2, 0.25) is 5.02 Å². The van der Waals surface area contributed by atoms with Crippen LogP contribution in [0.15, 0.2) is 48.5 Å². The van der Waals surface area contributed by atoms with Crippen LogP contribution in [0, 0.1) is 29.1 Å². The highest BCUT2D eigenvalue weighted by Gasteiger charge is 2.36. The molecule has 34 heavy (non-hydrogen) atoms. The molecular weight excluding hydrogens is 464 g/mol. The molecule has 2 aromatic rings. The molecule has 2 aromatic carbocycles. The highest BCUT2D eigenvalue weighted by Crippen LogP contribution is 2.38. The molecular formula is C28H35ClN2O2S. The van der Waals surface area contributed by atoms with Gasteiger partial charge in [0.25, 0.3) is 0 Å². The van der Waals surface area contributed by atoms with Crippen molar-refractivity contribution in [2.75, 3.05) is 13.1 Å². The van der Waals surface area contributed by atoms with Crippen LogP contribution in [0.4, 0.5) is 0 Å². The lowest BCUT2D eigenvalue weighted by Gasteiger charge is -2.30. The van der Waals surface area contributed by atoms with Gasteiger partial charge in [-0.3, -0.25) is 0 Å². The average molecular weight is 499 g/mol. The first kappa shape index (κ1) is 25.2. The number of nitrogens with zero attached hydrogens (tertiary/aromatic N) is 2. The second-order valence-corrected chi connectivity index (χ2v) is 12.5. The second-order valence-electron chi connectivity index (χ2n) is 10.1. The number of hydrogen-bond acceptors (Lipinski definition) is 3. The van der Waals surface area contributed by atoms with Crippen molar-refractivity contribution in [1.82, 2.24) is 4.31 Å². The molecule has 2 fully saturated rings. The van der Waals surface area contributed by atoms with Crippen LogP contribution in [-0.4, -0.2) is 25.8 Å². The minimum atomic E-state index is -3.31. The van der Waals surface area contributed by atoms with Gasteiger partial charge < -0.3 is 0 Å². The molecule has 1 aliphatic carbocycles. The van der Waals surface area contributed by atoms with Gasteiger partial charge in [0, 0.05) is 13.1 Å². The Labute approximate surface area is 210 Å². The van der Waals surface area contributed by atoms with Crippen molar-refractivity contribution in [3.63, 3.8) is 0 Å². The summed E-state index contributed by atoms with van der Waals surface area (Å²) in [6.07, 6.45) is 10.7. The SMILES string of the molecule is N#Cc1ccc(CCC(CC2CCCCC2)C2CCN(S(=O)(=O)Cc3ccccc3)C2)cc1Cl. The molecule has 0 bridgehead atoms. The van der Waals surface area contributed by atoms with Crippen LogP contribution in [0.25, 0.3) is 0 Å². The van der Waals surface area contributed by atoms with Crippen molar-refractivity contribution >= 4 is 21.6 Å². The summed E-state index contributed by atoms with van der Waals surface area (Å²) >= 11 is 6.27. The van der Waals surface area contributed by atoms with Gasteiger partial charge in [0.05, 0.1) is 16.3 Å². The molecule has 1 saturated carbocycles. The molecule has 0 radical (unpaired) electrons. The van der Waals surface area contributed by atoms with E-state index in [2.05, 4.69) is 6.07 Å². The first-order valence-electron chi connectivity index (χ1n) is 12.6. The molecule has 0 aromatic heterocycles. The Hall–Kier alpha value is -1.87. The Balaban J connectivity index is 1.43. The van der Waals surface area contributed by atoms with Gasteiger partial charge in [-0.1, -0.05) is 80.1 Å². The van der Waals surface area contributed by atoms with E-state index in [0.29, 0.717) is 35.5 Å². The predicted molar refractivity (Wildman–Crippen MR) is 138 cm³/mol. The third-order valence-corrected chi connectivity index (χ3v) is 9.89. The molecule has 4 nitrogen and oxygen atoms in total. The van der Waals surface area contributed by atoms with Gasteiger partial charge in [-0.05, 0) is 66.7 Å². The molecule has 0 N–H and O–H groups in total. The molecule has 0 amide bonds. The highest BCUT2D eigenvalue weighted by molar-refractivity contribution is 7.88. The van der Waals surface area contributed by atoms with Gasteiger partial charge in [0.2, 0.25) is 10.0 Å². The maximum atomic E-state index is 13.1. The van der Waals surface area contributed by atoms with E-state index in [1.165, 1.54) is 38.5 Å². The maximum Gasteiger partial charge on any atom is 0.218 e. The summed E-state index contributed by atoms with van der Waals surface area (Å²) in [5, 5.41) is 9.67. The zero-order valence-electron chi connectivity index (χ0n) is 19.8. The monoisotopic (exact) mass is 498 g/mol. The van der Waals surface area contributed by atoms with Crippen molar-refractivity contribution in [2.45, 2.75) is 63.5 Å². The molecule has 6 heteroatoms. The number of rotatable bonds is 9. The Morgan fingerprint density at radius 1 is 1.03 bits per heavy atom. The fourth-order valence-electron chi connectivity index (χ4n) is 5.82. The summed E-state index contributed by atoms with van der Waals surface area (Å²) in [6.45, 7) is 1.27. The van der Waals surface area contributed by atoms with E-state index < -0.39 is 10.0 Å². The number of hydrogen-bond donors (Lipinski definition) is 0. The average Bonchev–Trinajstić information content (AvgIpc) is 3.34. The van der Waals surface area contributed by atoms with E-state index in [0.717, 1.165) is 36.3 Å². The van der Waals surface area contributed by atoms with Crippen molar-refractivity contribution in [3.8, 4) is 6.07 Å². The fourth-order valence-corrected chi connectivity index (χ4v) is 7.67.